The minimum Gasteiger partial charge on any atom is -0.459 e. The number of carbonyl (C=O) groups excluding carboxylic acids is 2. The second-order valence-electron chi connectivity index (χ2n) is 5.54. The second-order valence-corrected chi connectivity index (χ2v) is 6.60. The van der Waals surface area contributed by atoms with Crippen molar-refractivity contribution in [2.45, 2.75) is 25.8 Å². The summed E-state index contributed by atoms with van der Waals surface area (Å²) in [5.74, 6) is -0.648. The number of nitrogens with zero attached hydrogens (tertiary/aromatic N) is 2. The Balaban J connectivity index is 1.74. The quantitative estimate of drug-likeness (QED) is 0.666. The van der Waals surface area contributed by atoms with Gasteiger partial charge in [0.1, 0.15) is 11.0 Å². The van der Waals surface area contributed by atoms with Gasteiger partial charge in [-0.05, 0) is 24.1 Å². The van der Waals surface area contributed by atoms with Crippen molar-refractivity contribution in [3.8, 4) is 0 Å². The van der Waals surface area contributed by atoms with E-state index >= 15 is 0 Å². The molecule has 1 atom stereocenters. The summed E-state index contributed by atoms with van der Waals surface area (Å²) in [4.78, 5) is 25.0. The molecule has 3 aromatic rings. The number of nitrogens with one attached hydrogen (secondary N) is 2. The fourth-order valence-corrected chi connectivity index (χ4v) is 3.02. The number of carbonyl (C=O) groups is 2. The molecular weight excluding hydrogens is 352 g/mol. The van der Waals surface area contributed by atoms with Crippen LogP contribution in [0, 0.1) is 0 Å². The van der Waals surface area contributed by atoms with Gasteiger partial charge in [-0.2, -0.15) is 0 Å². The van der Waals surface area contributed by atoms with E-state index in [-0.39, 0.29) is 11.7 Å². The molecule has 0 fully saturated rings. The molecule has 1 aromatic carbocycles. The second kappa shape index (κ2) is 8.39. The first-order valence-electron chi connectivity index (χ1n) is 8.17. The van der Waals surface area contributed by atoms with Crippen LogP contribution in [0.15, 0.2) is 53.1 Å². The topological polar surface area (TPSA) is 97.1 Å². The highest BCUT2D eigenvalue weighted by molar-refractivity contribution is 7.15. The molecule has 26 heavy (non-hydrogen) atoms. The molecule has 0 aliphatic heterocycles. The van der Waals surface area contributed by atoms with Crippen LogP contribution < -0.4 is 10.6 Å². The van der Waals surface area contributed by atoms with E-state index in [1.54, 1.807) is 12.1 Å². The Kier molecular flexibility index (Phi) is 5.75. The van der Waals surface area contributed by atoms with E-state index in [0.29, 0.717) is 11.6 Å². The van der Waals surface area contributed by atoms with E-state index in [9.17, 15) is 9.59 Å². The van der Waals surface area contributed by atoms with Crippen LogP contribution in [0.1, 0.15) is 28.0 Å². The van der Waals surface area contributed by atoms with Crippen molar-refractivity contribution in [1.82, 2.24) is 15.5 Å². The normalized spacial score (nSPS) is 11.7. The number of benzene rings is 1. The van der Waals surface area contributed by atoms with E-state index in [2.05, 4.69) is 20.8 Å². The zero-order chi connectivity index (χ0) is 18.4. The van der Waals surface area contributed by atoms with Crippen molar-refractivity contribution in [2.75, 3.05) is 5.32 Å². The highest BCUT2D eigenvalue weighted by Gasteiger charge is 2.24. The van der Waals surface area contributed by atoms with Crippen LogP contribution in [-0.4, -0.2) is 28.1 Å². The minimum absolute atomic E-state index is 0.153. The van der Waals surface area contributed by atoms with Crippen molar-refractivity contribution in [1.29, 1.82) is 0 Å². The fourth-order valence-electron chi connectivity index (χ4n) is 2.34. The maximum Gasteiger partial charge on any atom is 0.287 e. The molecule has 2 aromatic heterocycles. The zero-order valence-corrected chi connectivity index (χ0v) is 15.0. The van der Waals surface area contributed by atoms with Crippen LogP contribution in [0.4, 0.5) is 5.13 Å². The maximum absolute atomic E-state index is 12.7. The van der Waals surface area contributed by atoms with E-state index in [1.165, 1.54) is 17.6 Å². The molecule has 7 nitrogen and oxygen atoms in total. The third-order valence-corrected chi connectivity index (χ3v) is 4.63. The Hall–Kier alpha value is -3.00. The van der Waals surface area contributed by atoms with E-state index < -0.39 is 11.9 Å². The molecule has 0 aliphatic carbocycles. The van der Waals surface area contributed by atoms with Crippen molar-refractivity contribution in [3.05, 3.63) is 65.1 Å². The first-order chi connectivity index (χ1) is 12.7. The number of rotatable bonds is 7. The Morgan fingerprint density at radius 2 is 1.96 bits per heavy atom. The molecule has 1 unspecified atom stereocenters. The number of amides is 2. The summed E-state index contributed by atoms with van der Waals surface area (Å²) in [7, 11) is 0. The standard InChI is InChI=1S/C18H18N4O3S/c1-2-15-21-22-18(26-15)20-16(23)13(11-12-7-4-3-5-8-12)19-17(24)14-9-6-10-25-14/h3-10,13H,2,11H2,1H3,(H,19,24)(H,20,22,23). The van der Waals surface area contributed by atoms with Gasteiger partial charge in [-0.25, -0.2) is 0 Å². The summed E-state index contributed by atoms with van der Waals surface area (Å²) in [6, 6.07) is 11.9. The molecule has 0 radical (unpaired) electrons. The Morgan fingerprint density at radius 1 is 1.15 bits per heavy atom. The number of hydrogen-bond donors (Lipinski definition) is 2. The van der Waals surface area contributed by atoms with Gasteiger partial charge in [0.15, 0.2) is 5.76 Å². The third-order valence-electron chi connectivity index (χ3n) is 3.65. The summed E-state index contributed by atoms with van der Waals surface area (Å²) in [6.45, 7) is 1.97. The molecule has 2 heterocycles. The van der Waals surface area contributed by atoms with Gasteiger partial charge in [-0.15, -0.1) is 10.2 Å². The fraction of sp³-hybridized carbons (Fsp3) is 0.222. The van der Waals surface area contributed by atoms with Gasteiger partial charge in [0.2, 0.25) is 11.0 Å². The average Bonchev–Trinajstić information content (AvgIpc) is 3.34. The predicted octanol–water partition coefficient (Wildman–Crippen LogP) is 2.67. The van der Waals surface area contributed by atoms with Crippen LogP contribution >= 0.6 is 11.3 Å². The van der Waals surface area contributed by atoms with Crippen LogP contribution in [-0.2, 0) is 17.6 Å². The SMILES string of the molecule is CCc1nnc(NC(=O)C(Cc2ccccc2)NC(=O)c2ccco2)s1. The lowest BCUT2D eigenvalue weighted by molar-refractivity contribution is -0.118. The third kappa shape index (κ3) is 4.54. The summed E-state index contributed by atoms with van der Waals surface area (Å²) in [5.41, 5.74) is 0.930. The van der Waals surface area contributed by atoms with Gasteiger partial charge in [0.25, 0.3) is 5.91 Å². The van der Waals surface area contributed by atoms with E-state index in [4.69, 9.17) is 4.42 Å². The van der Waals surface area contributed by atoms with Gasteiger partial charge in [-0.1, -0.05) is 48.6 Å². The molecule has 2 amide bonds. The number of aromatic nitrogens is 2. The zero-order valence-electron chi connectivity index (χ0n) is 14.1. The maximum atomic E-state index is 12.7. The first kappa shape index (κ1) is 17.8. The number of hydrogen-bond acceptors (Lipinski definition) is 6. The lowest BCUT2D eigenvalue weighted by atomic mass is 10.1. The molecule has 0 aliphatic rings. The first-order valence-corrected chi connectivity index (χ1v) is 8.99. The van der Waals surface area contributed by atoms with Crippen LogP contribution in [0.2, 0.25) is 0 Å². The summed E-state index contributed by atoms with van der Waals surface area (Å²) < 4.78 is 5.10. The lowest BCUT2D eigenvalue weighted by Crippen LogP contribution is -2.45. The molecular formula is C18H18N4O3S. The number of furan rings is 1. The Labute approximate surface area is 154 Å². The molecule has 0 bridgehead atoms. The highest BCUT2D eigenvalue weighted by atomic mass is 32.1. The van der Waals surface area contributed by atoms with Gasteiger partial charge in [0.05, 0.1) is 6.26 Å². The Bertz CT molecular complexity index is 862. The molecule has 0 saturated heterocycles. The summed E-state index contributed by atoms with van der Waals surface area (Å²) in [5, 5.41) is 14.6. The smallest absolute Gasteiger partial charge is 0.287 e. The summed E-state index contributed by atoms with van der Waals surface area (Å²) >= 11 is 1.32. The van der Waals surface area contributed by atoms with Gasteiger partial charge in [-0.3, -0.25) is 14.9 Å². The van der Waals surface area contributed by atoms with E-state index in [0.717, 1.165) is 17.0 Å². The van der Waals surface area contributed by atoms with Crippen LogP contribution in [0.5, 0.6) is 0 Å². The van der Waals surface area contributed by atoms with Gasteiger partial charge in [0, 0.05) is 6.42 Å². The summed E-state index contributed by atoms with van der Waals surface area (Å²) in [6.07, 6.45) is 2.50. The molecule has 0 saturated carbocycles. The molecule has 3 rings (SSSR count). The minimum atomic E-state index is -0.774. The monoisotopic (exact) mass is 370 g/mol. The van der Waals surface area contributed by atoms with E-state index in [1.807, 2.05) is 37.3 Å². The van der Waals surface area contributed by atoms with Gasteiger partial charge < -0.3 is 9.73 Å². The molecule has 134 valence electrons. The average molecular weight is 370 g/mol. The van der Waals surface area contributed by atoms with Crippen LogP contribution in [0.3, 0.4) is 0 Å². The number of anilines is 1. The van der Waals surface area contributed by atoms with Crippen molar-refractivity contribution in [3.63, 3.8) is 0 Å². The number of aryl methyl sites for hydroxylation is 1. The molecule has 0 spiro atoms. The van der Waals surface area contributed by atoms with Crippen molar-refractivity contribution in [2.24, 2.45) is 0 Å². The van der Waals surface area contributed by atoms with Gasteiger partial charge >= 0.3 is 0 Å². The Morgan fingerprint density at radius 3 is 2.62 bits per heavy atom. The van der Waals surface area contributed by atoms with Crippen molar-refractivity contribution >= 4 is 28.3 Å². The van der Waals surface area contributed by atoms with Crippen LogP contribution in [0.25, 0.3) is 0 Å². The van der Waals surface area contributed by atoms with Crippen molar-refractivity contribution < 1.29 is 14.0 Å². The largest absolute Gasteiger partial charge is 0.459 e. The highest BCUT2D eigenvalue weighted by Crippen LogP contribution is 2.16. The molecule has 2 N–H and O–H groups in total. The molecule has 8 heteroatoms. The lowest BCUT2D eigenvalue weighted by Gasteiger charge is -2.17. The predicted molar refractivity (Wildman–Crippen MR) is 98.0 cm³/mol.